The van der Waals surface area contributed by atoms with Gasteiger partial charge in [-0.15, -0.1) is 5.10 Å². The van der Waals surface area contributed by atoms with Gasteiger partial charge in [0.2, 0.25) is 11.9 Å². The third-order valence-corrected chi connectivity index (χ3v) is 2.48. The molecule has 90 valence electrons. The summed E-state index contributed by atoms with van der Waals surface area (Å²) in [5.41, 5.74) is 6.18. The molecule has 0 aliphatic rings. The van der Waals surface area contributed by atoms with E-state index in [-0.39, 0.29) is 11.0 Å². The van der Waals surface area contributed by atoms with E-state index in [1.807, 2.05) is 0 Å². The van der Waals surface area contributed by atoms with Crippen molar-refractivity contribution in [3.05, 3.63) is 29.0 Å². The molecule has 0 unspecified atom stereocenters. The van der Waals surface area contributed by atoms with Gasteiger partial charge in [-0.05, 0) is 12.1 Å². The van der Waals surface area contributed by atoms with Crippen LogP contribution in [-0.2, 0) is 0 Å². The molecule has 2 aromatic rings. The van der Waals surface area contributed by atoms with Crippen LogP contribution in [0.3, 0.4) is 0 Å². The van der Waals surface area contributed by atoms with Gasteiger partial charge in [-0.2, -0.15) is 9.67 Å². The lowest BCUT2D eigenvalue weighted by atomic mass is 10.3. The van der Waals surface area contributed by atoms with E-state index in [4.69, 9.17) is 17.3 Å². The lowest BCUT2D eigenvalue weighted by Gasteiger charge is -2.05. The van der Waals surface area contributed by atoms with Crippen LogP contribution < -0.4 is 10.6 Å². The standard InChI is InChI=1S/C10H11ClFN5/c1-16(2)10-14-9(13)17(15-10)6-3-4-7(11)8(12)5-6/h3-5H,1-2H3,(H2,13,14,15). The van der Waals surface area contributed by atoms with Crippen LogP contribution in [0.4, 0.5) is 16.3 Å². The summed E-state index contributed by atoms with van der Waals surface area (Å²) < 4.78 is 14.7. The van der Waals surface area contributed by atoms with Gasteiger partial charge < -0.3 is 10.6 Å². The number of halogens is 2. The summed E-state index contributed by atoms with van der Waals surface area (Å²) in [5, 5.41) is 4.20. The molecule has 0 atom stereocenters. The predicted molar refractivity (Wildman–Crippen MR) is 65.1 cm³/mol. The Kier molecular flexibility index (Phi) is 2.89. The third-order valence-electron chi connectivity index (χ3n) is 2.17. The number of nitrogens with two attached hydrogens (primary N) is 1. The van der Waals surface area contributed by atoms with E-state index in [2.05, 4.69) is 10.1 Å². The number of rotatable bonds is 2. The smallest absolute Gasteiger partial charge is 0.246 e. The van der Waals surface area contributed by atoms with Crippen LogP contribution in [-0.4, -0.2) is 28.9 Å². The summed E-state index contributed by atoms with van der Waals surface area (Å²) in [6.45, 7) is 0. The highest BCUT2D eigenvalue weighted by molar-refractivity contribution is 6.30. The zero-order valence-electron chi connectivity index (χ0n) is 9.35. The molecule has 0 bridgehead atoms. The molecule has 0 aliphatic heterocycles. The van der Waals surface area contributed by atoms with Crippen molar-refractivity contribution in [2.45, 2.75) is 0 Å². The molecule has 5 nitrogen and oxygen atoms in total. The second kappa shape index (κ2) is 4.21. The van der Waals surface area contributed by atoms with E-state index >= 15 is 0 Å². The number of aromatic nitrogens is 3. The molecule has 0 saturated carbocycles. The lowest BCUT2D eigenvalue weighted by Crippen LogP contribution is -2.11. The first-order chi connectivity index (χ1) is 7.99. The Labute approximate surface area is 103 Å². The molecule has 2 N–H and O–H groups in total. The maximum absolute atomic E-state index is 13.3. The molecule has 0 spiro atoms. The Morgan fingerprint density at radius 1 is 1.41 bits per heavy atom. The molecule has 1 aromatic heterocycles. The number of hydrogen-bond acceptors (Lipinski definition) is 4. The lowest BCUT2D eigenvalue weighted by molar-refractivity contribution is 0.626. The summed E-state index contributed by atoms with van der Waals surface area (Å²) in [4.78, 5) is 5.75. The summed E-state index contributed by atoms with van der Waals surface area (Å²) >= 11 is 5.60. The first-order valence-corrected chi connectivity index (χ1v) is 5.22. The van der Waals surface area contributed by atoms with E-state index in [1.54, 1.807) is 25.1 Å². The van der Waals surface area contributed by atoms with Crippen LogP contribution >= 0.6 is 11.6 Å². The van der Waals surface area contributed by atoms with Crippen molar-refractivity contribution in [3.63, 3.8) is 0 Å². The Hall–Kier alpha value is -1.82. The van der Waals surface area contributed by atoms with Crippen molar-refractivity contribution in [2.75, 3.05) is 24.7 Å². The van der Waals surface area contributed by atoms with E-state index in [0.29, 0.717) is 11.6 Å². The Morgan fingerprint density at radius 2 is 2.12 bits per heavy atom. The van der Waals surface area contributed by atoms with Gasteiger partial charge >= 0.3 is 0 Å². The molecule has 1 aromatic carbocycles. The largest absolute Gasteiger partial charge is 0.368 e. The highest BCUT2D eigenvalue weighted by Crippen LogP contribution is 2.20. The topological polar surface area (TPSA) is 60.0 Å². The Morgan fingerprint density at radius 3 is 2.65 bits per heavy atom. The number of nitrogen functional groups attached to an aromatic ring is 1. The van der Waals surface area contributed by atoms with Crippen molar-refractivity contribution >= 4 is 23.5 Å². The van der Waals surface area contributed by atoms with Crippen LogP contribution in [0.15, 0.2) is 18.2 Å². The van der Waals surface area contributed by atoms with Gasteiger partial charge in [0.05, 0.1) is 10.7 Å². The zero-order valence-corrected chi connectivity index (χ0v) is 10.1. The third kappa shape index (κ3) is 2.16. The number of anilines is 2. The van der Waals surface area contributed by atoms with Crippen molar-refractivity contribution in [3.8, 4) is 5.69 Å². The molecule has 1 heterocycles. The van der Waals surface area contributed by atoms with Crippen LogP contribution in [0.2, 0.25) is 5.02 Å². The molecule has 0 saturated heterocycles. The zero-order chi connectivity index (χ0) is 12.6. The minimum absolute atomic E-state index is 0.0558. The van der Waals surface area contributed by atoms with Gasteiger partial charge in [0, 0.05) is 20.2 Å². The first-order valence-electron chi connectivity index (χ1n) is 4.84. The molecule has 2 rings (SSSR count). The van der Waals surface area contributed by atoms with Crippen molar-refractivity contribution in [1.29, 1.82) is 0 Å². The maximum atomic E-state index is 13.3. The van der Waals surface area contributed by atoms with Gasteiger partial charge in [0.1, 0.15) is 5.82 Å². The highest BCUT2D eigenvalue weighted by atomic mass is 35.5. The molecule has 7 heteroatoms. The van der Waals surface area contributed by atoms with Crippen molar-refractivity contribution < 1.29 is 4.39 Å². The fourth-order valence-corrected chi connectivity index (χ4v) is 1.43. The fourth-order valence-electron chi connectivity index (χ4n) is 1.31. The summed E-state index contributed by atoms with van der Waals surface area (Å²) in [6.07, 6.45) is 0. The van der Waals surface area contributed by atoms with E-state index in [9.17, 15) is 4.39 Å². The summed E-state index contributed by atoms with van der Waals surface area (Å²) in [7, 11) is 3.59. The molecule has 0 amide bonds. The van der Waals surface area contributed by atoms with Crippen LogP contribution in [0, 0.1) is 5.82 Å². The number of benzene rings is 1. The molecular weight excluding hydrogens is 245 g/mol. The van der Waals surface area contributed by atoms with Crippen LogP contribution in [0.25, 0.3) is 5.69 Å². The van der Waals surface area contributed by atoms with Gasteiger partial charge in [-0.1, -0.05) is 11.6 Å². The second-order valence-corrected chi connectivity index (χ2v) is 4.08. The Balaban J connectivity index is 2.49. The highest BCUT2D eigenvalue weighted by Gasteiger charge is 2.11. The second-order valence-electron chi connectivity index (χ2n) is 3.67. The first kappa shape index (κ1) is 11.7. The average molecular weight is 256 g/mol. The maximum Gasteiger partial charge on any atom is 0.246 e. The van der Waals surface area contributed by atoms with Crippen molar-refractivity contribution in [1.82, 2.24) is 14.8 Å². The minimum atomic E-state index is -0.523. The van der Waals surface area contributed by atoms with E-state index in [0.717, 1.165) is 0 Å². The summed E-state index contributed by atoms with van der Waals surface area (Å²) in [5.74, 6) is 0.124. The minimum Gasteiger partial charge on any atom is -0.368 e. The van der Waals surface area contributed by atoms with E-state index < -0.39 is 5.82 Å². The molecule has 17 heavy (non-hydrogen) atoms. The SMILES string of the molecule is CN(C)c1nc(N)n(-c2ccc(Cl)c(F)c2)n1. The summed E-state index contributed by atoms with van der Waals surface area (Å²) in [6, 6.07) is 4.32. The van der Waals surface area contributed by atoms with E-state index in [1.165, 1.54) is 16.8 Å². The number of hydrogen-bond donors (Lipinski definition) is 1. The molecule has 0 fully saturated rings. The predicted octanol–water partition coefficient (Wildman–Crippen LogP) is 1.71. The normalized spacial score (nSPS) is 10.6. The monoisotopic (exact) mass is 255 g/mol. The van der Waals surface area contributed by atoms with Gasteiger partial charge in [-0.3, -0.25) is 0 Å². The van der Waals surface area contributed by atoms with Crippen molar-refractivity contribution in [2.24, 2.45) is 0 Å². The van der Waals surface area contributed by atoms with Gasteiger partial charge in [-0.25, -0.2) is 4.39 Å². The number of nitrogens with zero attached hydrogens (tertiary/aromatic N) is 4. The van der Waals surface area contributed by atoms with Gasteiger partial charge in [0.25, 0.3) is 0 Å². The quantitative estimate of drug-likeness (QED) is 0.888. The fraction of sp³-hybridized carbons (Fsp3) is 0.200. The molecule has 0 radical (unpaired) electrons. The molecule has 0 aliphatic carbocycles. The molecular formula is C10H11ClFN5. The Bertz CT molecular complexity index is 552. The van der Waals surface area contributed by atoms with Crippen LogP contribution in [0.1, 0.15) is 0 Å². The average Bonchev–Trinajstić information content (AvgIpc) is 2.65. The van der Waals surface area contributed by atoms with Crippen LogP contribution in [0.5, 0.6) is 0 Å². The van der Waals surface area contributed by atoms with Gasteiger partial charge in [0.15, 0.2) is 0 Å².